The second-order valence-corrected chi connectivity index (χ2v) is 5.86. The summed E-state index contributed by atoms with van der Waals surface area (Å²) in [5.41, 5.74) is 10.9. The van der Waals surface area contributed by atoms with Gasteiger partial charge in [-0.3, -0.25) is 0 Å². The van der Waals surface area contributed by atoms with Crippen LogP contribution in [0, 0.1) is 0 Å². The SMILES string of the molecule is CN.CN(c1ccc2c(c1)CCCC2)c1ccc2ccoc2c1. The van der Waals surface area contributed by atoms with Crippen LogP contribution in [0.3, 0.4) is 0 Å². The van der Waals surface area contributed by atoms with E-state index >= 15 is 0 Å². The number of anilines is 2. The molecule has 0 bridgehead atoms. The highest BCUT2D eigenvalue weighted by Gasteiger charge is 2.12. The maximum absolute atomic E-state index is 5.51. The highest BCUT2D eigenvalue weighted by atomic mass is 16.3. The van der Waals surface area contributed by atoms with E-state index in [-0.39, 0.29) is 0 Å². The zero-order chi connectivity index (χ0) is 16.2. The lowest BCUT2D eigenvalue weighted by atomic mass is 9.91. The molecule has 0 radical (unpaired) electrons. The molecule has 0 aliphatic heterocycles. The molecule has 0 atom stereocenters. The Morgan fingerprint density at radius 1 is 0.870 bits per heavy atom. The van der Waals surface area contributed by atoms with Crippen molar-refractivity contribution in [2.24, 2.45) is 5.73 Å². The number of fused-ring (bicyclic) bond motifs is 2. The van der Waals surface area contributed by atoms with Crippen LogP contribution >= 0.6 is 0 Å². The van der Waals surface area contributed by atoms with Gasteiger partial charge < -0.3 is 15.1 Å². The molecule has 120 valence electrons. The van der Waals surface area contributed by atoms with E-state index in [9.17, 15) is 0 Å². The molecule has 1 aliphatic carbocycles. The lowest BCUT2D eigenvalue weighted by molar-refractivity contribution is 0.616. The molecule has 3 nitrogen and oxygen atoms in total. The molecule has 0 saturated heterocycles. The third-order valence-electron chi connectivity index (χ3n) is 4.55. The molecule has 2 N–H and O–H groups in total. The van der Waals surface area contributed by atoms with Crippen LogP contribution < -0.4 is 10.6 Å². The van der Waals surface area contributed by atoms with E-state index in [1.54, 1.807) is 6.26 Å². The Balaban J connectivity index is 0.000000753. The smallest absolute Gasteiger partial charge is 0.135 e. The minimum absolute atomic E-state index is 0.942. The van der Waals surface area contributed by atoms with Crippen molar-refractivity contribution in [1.82, 2.24) is 0 Å². The second kappa shape index (κ2) is 6.88. The van der Waals surface area contributed by atoms with Gasteiger partial charge in [0.25, 0.3) is 0 Å². The van der Waals surface area contributed by atoms with E-state index < -0.39 is 0 Å². The van der Waals surface area contributed by atoms with Gasteiger partial charge in [0.1, 0.15) is 5.58 Å². The van der Waals surface area contributed by atoms with Crippen molar-refractivity contribution in [2.45, 2.75) is 25.7 Å². The van der Waals surface area contributed by atoms with Crippen LogP contribution in [0.2, 0.25) is 0 Å². The van der Waals surface area contributed by atoms with E-state index in [4.69, 9.17) is 4.42 Å². The number of benzene rings is 2. The Labute approximate surface area is 137 Å². The first kappa shape index (κ1) is 15.6. The summed E-state index contributed by atoms with van der Waals surface area (Å²) in [5.74, 6) is 0. The predicted molar refractivity (Wildman–Crippen MR) is 97.5 cm³/mol. The van der Waals surface area contributed by atoms with Gasteiger partial charge in [-0.1, -0.05) is 6.07 Å². The summed E-state index contributed by atoms with van der Waals surface area (Å²) in [7, 11) is 3.62. The molecule has 0 unspecified atom stereocenters. The first-order valence-corrected chi connectivity index (χ1v) is 8.22. The molecule has 0 saturated carbocycles. The average molecular weight is 308 g/mol. The molecule has 2 aromatic carbocycles. The summed E-state index contributed by atoms with van der Waals surface area (Å²) in [6.07, 6.45) is 6.84. The third kappa shape index (κ3) is 3.10. The number of hydrogen-bond acceptors (Lipinski definition) is 3. The minimum atomic E-state index is 0.942. The molecule has 0 spiro atoms. The molecule has 1 heterocycles. The number of furan rings is 1. The van der Waals surface area contributed by atoms with E-state index in [0.717, 1.165) is 16.7 Å². The zero-order valence-electron chi connectivity index (χ0n) is 13.9. The number of nitrogens with two attached hydrogens (primary N) is 1. The van der Waals surface area contributed by atoms with E-state index in [0.29, 0.717) is 0 Å². The van der Waals surface area contributed by atoms with Gasteiger partial charge in [-0.2, -0.15) is 0 Å². The highest BCUT2D eigenvalue weighted by Crippen LogP contribution is 2.31. The predicted octanol–water partition coefficient (Wildman–Crippen LogP) is 4.65. The molecule has 3 aromatic rings. The van der Waals surface area contributed by atoms with Crippen molar-refractivity contribution >= 4 is 22.3 Å². The summed E-state index contributed by atoms with van der Waals surface area (Å²) in [5, 5.41) is 1.15. The number of nitrogens with zero attached hydrogens (tertiary/aromatic N) is 1. The molecule has 0 amide bonds. The van der Waals surface area contributed by atoms with Crippen LogP contribution in [-0.2, 0) is 12.8 Å². The van der Waals surface area contributed by atoms with Crippen LogP contribution in [0.15, 0.2) is 53.1 Å². The highest BCUT2D eigenvalue weighted by molar-refractivity contribution is 5.82. The molecule has 4 rings (SSSR count). The van der Waals surface area contributed by atoms with Crippen molar-refractivity contribution in [1.29, 1.82) is 0 Å². The summed E-state index contributed by atoms with van der Waals surface area (Å²) in [4.78, 5) is 2.23. The van der Waals surface area contributed by atoms with Crippen LogP contribution in [-0.4, -0.2) is 14.1 Å². The zero-order valence-corrected chi connectivity index (χ0v) is 13.9. The quantitative estimate of drug-likeness (QED) is 0.749. The summed E-state index contributed by atoms with van der Waals surface area (Å²) in [6.45, 7) is 0. The fraction of sp³-hybridized carbons (Fsp3) is 0.300. The van der Waals surface area contributed by atoms with Crippen LogP contribution in [0.25, 0.3) is 11.0 Å². The van der Waals surface area contributed by atoms with Gasteiger partial charge in [0, 0.05) is 29.9 Å². The molecular weight excluding hydrogens is 284 g/mol. The number of hydrogen-bond donors (Lipinski definition) is 1. The number of aryl methyl sites for hydroxylation is 2. The van der Waals surface area contributed by atoms with Gasteiger partial charge in [0.2, 0.25) is 0 Å². The largest absolute Gasteiger partial charge is 0.464 e. The lowest BCUT2D eigenvalue weighted by Gasteiger charge is -2.23. The van der Waals surface area contributed by atoms with Crippen molar-refractivity contribution < 1.29 is 4.42 Å². The van der Waals surface area contributed by atoms with Gasteiger partial charge in [-0.15, -0.1) is 0 Å². The normalized spacial score (nSPS) is 13.2. The van der Waals surface area contributed by atoms with Crippen LogP contribution in [0.4, 0.5) is 11.4 Å². The third-order valence-corrected chi connectivity index (χ3v) is 4.55. The van der Waals surface area contributed by atoms with Gasteiger partial charge in [0.15, 0.2) is 0 Å². The summed E-state index contributed by atoms with van der Waals surface area (Å²) < 4.78 is 5.51. The fourth-order valence-corrected chi connectivity index (χ4v) is 3.23. The molecule has 23 heavy (non-hydrogen) atoms. The van der Waals surface area contributed by atoms with Crippen molar-refractivity contribution in [3.8, 4) is 0 Å². The summed E-state index contributed by atoms with van der Waals surface area (Å²) >= 11 is 0. The van der Waals surface area contributed by atoms with Gasteiger partial charge >= 0.3 is 0 Å². The summed E-state index contributed by atoms with van der Waals surface area (Å²) in [6, 6.07) is 15.2. The second-order valence-electron chi connectivity index (χ2n) is 5.86. The van der Waals surface area contributed by atoms with E-state index in [2.05, 4.69) is 54.1 Å². The maximum Gasteiger partial charge on any atom is 0.135 e. The Bertz CT molecular complexity index is 791. The van der Waals surface area contributed by atoms with Crippen LogP contribution in [0.5, 0.6) is 0 Å². The van der Waals surface area contributed by atoms with Gasteiger partial charge in [-0.05, 0) is 74.2 Å². The van der Waals surface area contributed by atoms with Crippen molar-refractivity contribution in [3.05, 3.63) is 59.9 Å². The molecule has 1 aromatic heterocycles. The Hall–Kier alpha value is -2.26. The molecule has 1 aliphatic rings. The maximum atomic E-state index is 5.51. The average Bonchev–Trinajstić information content (AvgIpc) is 3.10. The molecule has 0 fully saturated rings. The van der Waals surface area contributed by atoms with Gasteiger partial charge in [0.05, 0.1) is 6.26 Å². The minimum Gasteiger partial charge on any atom is -0.464 e. The lowest BCUT2D eigenvalue weighted by Crippen LogP contribution is -2.11. The van der Waals surface area contributed by atoms with Crippen LogP contribution in [0.1, 0.15) is 24.0 Å². The van der Waals surface area contributed by atoms with E-state index in [1.165, 1.54) is 49.5 Å². The van der Waals surface area contributed by atoms with Crippen molar-refractivity contribution in [3.63, 3.8) is 0 Å². The first-order chi connectivity index (χ1) is 11.3. The Kier molecular flexibility index (Phi) is 4.68. The van der Waals surface area contributed by atoms with Gasteiger partial charge in [-0.25, -0.2) is 0 Å². The first-order valence-electron chi connectivity index (χ1n) is 8.22. The molecule has 3 heteroatoms. The Morgan fingerprint density at radius 3 is 2.39 bits per heavy atom. The Morgan fingerprint density at radius 2 is 1.57 bits per heavy atom. The standard InChI is InChI=1S/C19H19NO.CH5N/c1-20(18-9-7-15-10-11-21-19(15)13-18)17-8-6-14-4-2-3-5-16(14)12-17;1-2/h6-13H,2-5H2,1H3;2H2,1H3. The topological polar surface area (TPSA) is 42.4 Å². The number of rotatable bonds is 2. The van der Waals surface area contributed by atoms with E-state index in [1.807, 2.05) is 6.07 Å². The van der Waals surface area contributed by atoms with Crippen molar-refractivity contribution in [2.75, 3.05) is 19.0 Å². The molecular formula is C20H24N2O. The monoisotopic (exact) mass is 308 g/mol. The fourth-order valence-electron chi connectivity index (χ4n) is 3.23.